The molecule has 8 aromatic carbocycles. The van der Waals surface area contributed by atoms with Gasteiger partial charge in [0.15, 0.2) is 69.5 Å². The number of halogens is 20. The van der Waals surface area contributed by atoms with E-state index in [1.54, 1.807) is 24.3 Å². The molecule has 123 heavy (non-hydrogen) atoms. The lowest BCUT2D eigenvalue weighted by Crippen LogP contribution is -2.13. The van der Waals surface area contributed by atoms with Crippen LogP contribution in [0.15, 0.2) is 173 Å². The van der Waals surface area contributed by atoms with Crippen molar-refractivity contribution in [1.82, 2.24) is 0 Å². The molecule has 4 aliphatic rings. The van der Waals surface area contributed by atoms with Gasteiger partial charge in [-0.1, -0.05) is 174 Å². The molecule has 676 valence electrons. The van der Waals surface area contributed by atoms with Gasteiger partial charge in [0.25, 0.3) is 0 Å². The Morgan fingerprint density at radius 1 is 0.268 bits per heavy atom. The summed E-state index contributed by atoms with van der Waals surface area (Å²) in [5.41, 5.74) is 4.45. The molecule has 0 saturated heterocycles. The van der Waals surface area contributed by atoms with Crippen LogP contribution >= 0.6 is 0 Å². The van der Waals surface area contributed by atoms with Gasteiger partial charge in [-0.2, -0.15) is 0 Å². The normalized spacial score (nSPS) is 18.1. The smallest absolute Gasteiger partial charge is 0.228 e. The number of ether oxygens (including phenoxy) is 4. The van der Waals surface area contributed by atoms with E-state index in [9.17, 15) is 87.8 Å². The Balaban J connectivity index is 0.000000328. The van der Waals surface area contributed by atoms with Gasteiger partial charge >= 0.3 is 0 Å². The summed E-state index contributed by atoms with van der Waals surface area (Å²) in [6, 6.07) is 27.2. The molecule has 4 fully saturated rings. The van der Waals surface area contributed by atoms with Gasteiger partial charge < -0.3 is 18.9 Å². The van der Waals surface area contributed by atoms with Crippen molar-refractivity contribution < 1.29 is 107 Å². The van der Waals surface area contributed by atoms with Crippen LogP contribution in [0.3, 0.4) is 0 Å². The molecular weight excluding hydrogens is 1630 g/mol. The fourth-order valence-corrected chi connectivity index (χ4v) is 16.6. The van der Waals surface area contributed by atoms with Crippen molar-refractivity contribution in [2.45, 2.75) is 226 Å². The second-order valence-corrected chi connectivity index (χ2v) is 30.4. The standard InChI is InChI=1S/C24H28F4O.C23H26F4O.C22H24F4O.C21H22F4O.4C2H3F.CH4/c1-2-3-4-5-16-6-8-17(9-7-16)18-10-11-20(21(26)12-18)19-13-22(27)24(29-15-25)23(28)14-19;1-2-3-4-15-5-7-16(8-6-15)17-9-10-19(20(25)11-17)18-12-21(26)23(28-14-24)22(27)13-18;1-2-3-14-4-6-15(7-5-14)16-8-9-18(19(24)10-16)17-11-20(25)22(27-13-23)21(26)12-17;1-2-13-3-5-14(6-4-13)15-7-8-17(18(23)9-15)16-10-19(24)21(26-12-22)20(25)11-16;4*1-2-3;/h10-14,16-17H,2-9,15H2,1H3;9-13,15-16H,2-8,14H2,1H3;8-12,14-15H,2-7,13H2,1H3;7-11,13-14H,2-6,12H2,1H3;4*2H,1H2;1H4. The molecule has 0 aliphatic heterocycles. The van der Waals surface area contributed by atoms with Gasteiger partial charge in [0.05, 0.1) is 25.3 Å². The summed E-state index contributed by atoms with van der Waals surface area (Å²) < 4.78 is 277. The molecule has 0 heterocycles. The third kappa shape index (κ3) is 32.9. The van der Waals surface area contributed by atoms with E-state index in [2.05, 4.69) is 73.0 Å². The van der Waals surface area contributed by atoms with Crippen molar-refractivity contribution in [3.8, 4) is 67.5 Å². The third-order valence-corrected chi connectivity index (χ3v) is 22.7. The number of rotatable bonds is 26. The van der Waals surface area contributed by atoms with E-state index in [-0.39, 0.29) is 77.3 Å². The minimum absolute atomic E-state index is 0. The van der Waals surface area contributed by atoms with Crippen LogP contribution in [0, 0.1) is 93.5 Å². The first kappa shape index (κ1) is 106. The molecule has 0 bridgehead atoms. The van der Waals surface area contributed by atoms with Gasteiger partial charge in [-0.3, -0.25) is 0 Å². The second kappa shape index (κ2) is 57.1. The predicted molar refractivity (Wildman–Crippen MR) is 453 cm³/mol. The summed E-state index contributed by atoms with van der Waals surface area (Å²) in [5, 5.41) is 0. The zero-order chi connectivity index (χ0) is 89.8. The van der Waals surface area contributed by atoms with Crippen molar-refractivity contribution in [2.24, 2.45) is 23.7 Å². The highest BCUT2D eigenvalue weighted by atomic mass is 19.2. The van der Waals surface area contributed by atoms with Crippen molar-refractivity contribution in [3.63, 3.8) is 0 Å². The molecule has 0 spiro atoms. The fourth-order valence-electron chi connectivity index (χ4n) is 16.6. The number of unbranched alkanes of at least 4 members (excludes halogenated alkanes) is 3. The van der Waals surface area contributed by atoms with E-state index in [1.807, 2.05) is 24.3 Å². The molecule has 0 aromatic heterocycles. The summed E-state index contributed by atoms with van der Waals surface area (Å²) in [5.74, 6) is -9.25. The Hall–Kier alpha value is -9.48. The Labute approximate surface area is 712 Å². The molecule has 12 rings (SSSR count). The van der Waals surface area contributed by atoms with E-state index < -0.39 is 120 Å². The molecule has 4 nitrogen and oxygen atoms in total. The maximum absolute atomic E-state index is 14.7. The topological polar surface area (TPSA) is 36.9 Å². The van der Waals surface area contributed by atoms with Gasteiger partial charge in [-0.05, 0) is 267 Å². The minimum atomic E-state index is -1.34. The molecule has 0 radical (unpaired) electrons. The molecule has 0 N–H and O–H groups in total. The summed E-state index contributed by atoms with van der Waals surface area (Å²) in [4.78, 5) is 0. The van der Waals surface area contributed by atoms with Gasteiger partial charge in [0.2, 0.25) is 27.4 Å². The lowest BCUT2D eigenvalue weighted by molar-refractivity contribution is 0.176. The van der Waals surface area contributed by atoms with E-state index in [0.29, 0.717) is 23.7 Å². The van der Waals surface area contributed by atoms with Gasteiger partial charge in [0.1, 0.15) is 23.3 Å². The molecule has 0 amide bonds. The largest absolute Gasteiger partial charge is 0.457 e. The van der Waals surface area contributed by atoms with E-state index >= 15 is 0 Å². The average Bonchev–Trinajstić information content (AvgIpc) is 0.811. The summed E-state index contributed by atoms with van der Waals surface area (Å²) >= 11 is 0. The van der Waals surface area contributed by atoms with Crippen LogP contribution in [0.4, 0.5) is 87.8 Å². The number of hydrogen-bond acceptors (Lipinski definition) is 4. The van der Waals surface area contributed by atoms with Crippen LogP contribution in [0.2, 0.25) is 0 Å². The van der Waals surface area contributed by atoms with Crippen LogP contribution in [-0.2, 0) is 0 Å². The van der Waals surface area contributed by atoms with E-state index in [4.69, 9.17) is 0 Å². The Kier molecular flexibility index (Phi) is 49.2. The SMILES string of the molecule is C.C=CF.C=CF.C=CF.C=CF.CCC1CCC(c2ccc(-c3cc(F)c(OCF)c(F)c3)c(F)c2)CC1.CCCC1CCC(c2ccc(-c3cc(F)c(OCF)c(F)c3)c(F)c2)CC1.CCCCC1CCC(c2ccc(-c3cc(F)c(OCF)c(F)c3)c(F)c2)CC1.CCCCCC1CCC(c2ccc(-c3cc(F)c(OCF)c(F)c3)c(F)c2)CC1. The first-order valence-corrected chi connectivity index (χ1v) is 41.5. The van der Waals surface area contributed by atoms with Crippen LogP contribution in [0.5, 0.6) is 23.0 Å². The first-order chi connectivity index (χ1) is 58.8. The van der Waals surface area contributed by atoms with Gasteiger partial charge in [-0.15, -0.1) is 0 Å². The monoisotopic (exact) mass is 1750 g/mol. The molecule has 24 heteroatoms. The minimum Gasteiger partial charge on any atom is -0.457 e. The van der Waals surface area contributed by atoms with Crippen molar-refractivity contribution in [2.75, 3.05) is 27.4 Å². The van der Waals surface area contributed by atoms with Crippen LogP contribution in [0.25, 0.3) is 44.5 Å². The Morgan fingerprint density at radius 2 is 0.472 bits per heavy atom. The fraction of sp³-hybridized carbons (Fsp3) is 0.434. The molecule has 4 aliphatic carbocycles. The van der Waals surface area contributed by atoms with Crippen LogP contribution < -0.4 is 18.9 Å². The number of alkyl halides is 4. The van der Waals surface area contributed by atoms with Crippen molar-refractivity contribution in [1.29, 1.82) is 0 Å². The second-order valence-electron chi connectivity index (χ2n) is 30.4. The highest BCUT2D eigenvalue weighted by molar-refractivity contribution is 5.69. The lowest BCUT2D eigenvalue weighted by Gasteiger charge is -2.29. The Bertz CT molecular complexity index is 4350. The molecular formula is C99H116F20O4. The summed E-state index contributed by atoms with van der Waals surface area (Å²) in [7, 11) is 0. The average molecular weight is 1750 g/mol. The summed E-state index contributed by atoms with van der Waals surface area (Å²) in [6.07, 6.45) is 31.1. The van der Waals surface area contributed by atoms with Crippen molar-refractivity contribution in [3.05, 3.63) is 265 Å². The maximum Gasteiger partial charge on any atom is 0.228 e. The van der Waals surface area contributed by atoms with E-state index in [1.165, 1.54) is 114 Å². The zero-order valence-electron chi connectivity index (χ0n) is 69.7. The van der Waals surface area contributed by atoms with Gasteiger partial charge in [0, 0.05) is 22.3 Å². The number of benzene rings is 8. The number of hydrogen-bond donors (Lipinski definition) is 0. The maximum atomic E-state index is 14.7. The lowest BCUT2D eigenvalue weighted by atomic mass is 9.77. The summed E-state index contributed by atoms with van der Waals surface area (Å²) in [6.45, 7) is 14.2. The van der Waals surface area contributed by atoms with Crippen LogP contribution in [-0.4, -0.2) is 27.4 Å². The molecule has 0 atom stereocenters. The highest BCUT2D eigenvalue weighted by Crippen LogP contribution is 2.45. The quantitative estimate of drug-likeness (QED) is 0.0400. The molecule has 4 saturated carbocycles. The predicted octanol–water partition coefficient (Wildman–Crippen LogP) is 34.4. The molecule has 8 aromatic rings. The van der Waals surface area contributed by atoms with Gasteiger partial charge in [-0.25, -0.2) is 87.8 Å². The van der Waals surface area contributed by atoms with Crippen LogP contribution in [0.1, 0.15) is 248 Å². The van der Waals surface area contributed by atoms with Crippen molar-refractivity contribution >= 4 is 0 Å². The first-order valence-electron chi connectivity index (χ1n) is 41.5. The molecule has 0 unspecified atom stereocenters. The van der Waals surface area contributed by atoms with E-state index in [0.717, 1.165) is 172 Å². The zero-order valence-corrected chi connectivity index (χ0v) is 69.7. The highest BCUT2D eigenvalue weighted by Gasteiger charge is 2.29. The Morgan fingerprint density at radius 3 is 0.659 bits per heavy atom. The third-order valence-electron chi connectivity index (χ3n) is 22.7.